The Morgan fingerprint density at radius 2 is 1.60 bits per heavy atom. The predicted molar refractivity (Wildman–Crippen MR) is 107 cm³/mol. The molecule has 1 N–H and O–H groups in total. The molecule has 1 aliphatic rings. The fraction of sp³-hybridized carbons (Fsp3) is 0.0952. The number of rotatable bonds is 2. The van der Waals surface area contributed by atoms with Crippen molar-refractivity contribution in [1.29, 1.82) is 0 Å². The molecule has 0 radical (unpaired) electrons. The van der Waals surface area contributed by atoms with E-state index in [9.17, 15) is 0 Å². The summed E-state index contributed by atoms with van der Waals surface area (Å²) in [5.74, 6) is 0. The van der Waals surface area contributed by atoms with E-state index in [-0.39, 0.29) is 6.04 Å². The molecule has 3 aromatic rings. The highest BCUT2D eigenvalue weighted by Gasteiger charge is 2.21. The molecule has 0 aromatic heterocycles. The molecule has 1 unspecified atom stereocenters. The minimum Gasteiger partial charge on any atom is -0.376 e. The molecule has 1 aliphatic heterocycles. The van der Waals surface area contributed by atoms with Gasteiger partial charge in [-0.25, -0.2) is 0 Å². The average molecular weight is 367 g/mol. The van der Waals surface area contributed by atoms with Gasteiger partial charge >= 0.3 is 0 Å². The van der Waals surface area contributed by atoms with Gasteiger partial charge in [0.15, 0.2) is 0 Å². The second-order valence-electron chi connectivity index (χ2n) is 6.02. The van der Waals surface area contributed by atoms with E-state index in [4.69, 9.17) is 28.2 Å². The van der Waals surface area contributed by atoms with Crippen molar-refractivity contribution >= 4 is 40.3 Å². The summed E-state index contributed by atoms with van der Waals surface area (Å²) >= 11 is 12.3. The second-order valence-corrected chi connectivity index (χ2v) is 6.83. The van der Waals surface area contributed by atoms with E-state index >= 15 is 0 Å². The third kappa shape index (κ3) is 3.41. The summed E-state index contributed by atoms with van der Waals surface area (Å²) in [5, 5.41) is 4.74. The Labute approximate surface area is 157 Å². The number of benzene rings is 3. The van der Waals surface area contributed by atoms with E-state index in [1.807, 2.05) is 54.6 Å². The summed E-state index contributed by atoms with van der Waals surface area (Å²) in [4.78, 5) is 4.92. The zero-order valence-electron chi connectivity index (χ0n) is 13.4. The molecule has 0 spiro atoms. The number of anilines is 1. The van der Waals surface area contributed by atoms with Crippen LogP contribution in [0.2, 0.25) is 10.0 Å². The van der Waals surface area contributed by atoms with E-state index in [0.29, 0.717) is 10.0 Å². The van der Waals surface area contributed by atoms with Gasteiger partial charge in [-0.05, 0) is 35.4 Å². The Balaban J connectivity index is 1.80. The van der Waals surface area contributed by atoms with Gasteiger partial charge in [0, 0.05) is 6.42 Å². The highest BCUT2D eigenvalue weighted by Crippen LogP contribution is 2.36. The highest BCUT2D eigenvalue weighted by molar-refractivity contribution is 6.42. The lowest BCUT2D eigenvalue weighted by Gasteiger charge is -2.20. The lowest BCUT2D eigenvalue weighted by molar-refractivity contribution is 0.829. The number of nitrogens with zero attached hydrogens (tertiary/aromatic N) is 1. The van der Waals surface area contributed by atoms with Crippen molar-refractivity contribution < 1.29 is 0 Å². The fourth-order valence-electron chi connectivity index (χ4n) is 3.06. The van der Waals surface area contributed by atoms with Crippen LogP contribution in [-0.4, -0.2) is 5.71 Å². The van der Waals surface area contributed by atoms with Crippen LogP contribution in [0.5, 0.6) is 0 Å². The average Bonchev–Trinajstić information content (AvgIpc) is 2.84. The maximum Gasteiger partial charge on any atom is 0.0864 e. The van der Waals surface area contributed by atoms with Crippen molar-refractivity contribution in [2.75, 3.05) is 5.32 Å². The summed E-state index contributed by atoms with van der Waals surface area (Å²) in [6.07, 6.45) is 0.761. The lowest BCUT2D eigenvalue weighted by Crippen LogP contribution is -2.14. The molecule has 25 heavy (non-hydrogen) atoms. The number of halogens is 2. The van der Waals surface area contributed by atoms with Gasteiger partial charge in [0.1, 0.15) is 0 Å². The zero-order valence-corrected chi connectivity index (χ0v) is 14.9. The first-order chi connectivity index (χ1) is 12.2. The Morgan fingerprint density at radius 1 is 0.840 bits per heavy atom. The van der Waals surface area contributed by atoms with Crippen molar-refractivity contribution in [3.05, 3.63) is 94.0 Å². The maximum atomic E-state index is 6.24. The van der Waals surface area contributed by atoms with E-state index < -0.39 is 0 Å². The van der Waals surface area contributed by atoms with Gasteiger partial charge in [-0.1, -0.05) is 71.7 Å². The lowest BCUT2D eigenvalue weighted by atomic mass is 9.97. The van der Waals surface area contributed by atoms with Gasteiger partial charge < -0.3 is 5.32 Å². The van der Waals surface area contributed by atoms with Crippen molar-refractivity contribution in [3.8, 4) is 0 Å². The number of aliphatic imine (C=N–C) groups is 1. The summed E-state index contributed by atoms with van der Waals surface area (Å²) in [5.41, 5.74) is 5.24. The number of hydrogen-bond donors (Lipinski definition) is 1. The minimum absolute atomic E-state index is 0.0670. The Kier molecular flexibility index (Phi) is 4.48. The molecule has 0 saturated heterocycles. The van der Waals surface area contributed by atoms with Gasteiger partial charge in [0.05, 0.1) is 33.2 Å². The number of fused-ring (bicyclic) bond motifs is 1. The van der Waals surface area contributed by atoms with Crippen LogP contribution in [-0.2, 0) is 0 Å². The van der Waals surface area contributed by atoms with Gasteiger partial charge in [-0.15, -0.1) is 0 Å². The van der Waals surface area contributed by atoms with E-state index in [1.54, 1.807) is 0 Å². The first-order valence-corrected chi connectivity index (χ1v) is 8.90. The second kappa shape index (κ2) is 6.91. The molecule has 0 saturated carbocycles. The third-order valence-corrected chi connectivity index (χ3v) is 5.08. The Hall–Kier alpha value is -2.29. The normalized spacial score (nSPS) is 16.4. The van der Waals surface area contributed by atoms with Crippen LogP contribution in [0.3, 0.4) is 0 Å². The monoisotopic (exact) mass is 366 g/mol. The smallest absolute Gasteiger partial charge is 0.0864 e. The summed E-state index contributed by atoms with van der Waals surface area (Å²) in [6.45, 7) is 0. The number of para-hydroxylation sites is 2. The molecule has 0 aliphatic carbocycles. The fourth-order valence-corrected chi connectivity index (χ4v) is 3.37. The number of nitrogens with one attached hydrogen (secondary N) is 1. The van der Waals surface area contributed by atoms with Crippen LogP contribution in [0.15, 0.2) is 77.8 Å². The van der Waals surface area contributed by atoms with Gasteiger partial charge in [-0.2, -0.15) is 0 Å². The van der Waals surface area contributed by atoms with Crippen molar-refractivity contribution in [2.45, 2.75) is 12.5 Å². The third-order valence-electron chi connectivity index (χ3n) is 4.34. The summed E-state index contributed by atoms with van der Waals surface area (Å²) < 4.78 is 0. The molecule has 1 atom stereocenters. The highest BCUT2D eigenvalue weighted by atomic mass is 35.5. The predicted octanol–water partition coefficient (Wildman–Crippen LogP) is 6.67. The van der Waals surface area contributed by atoms with Crippen LogP contribution >= 0.6 is 23.2 Å². The first-order valence-electron chi connectivity index (χ1n) is 8.14. The quantitative estimate of drug-likeness (QED) is 0.537. The maximum absolute atomic E-state index is 6.24. The largest absolute Gasteiger partial charge is 0.376 e. The molecule has 0 amide bonds. The van der Waals surface area contributed by atoms with Crippen LogP contribution in [0.4, 0.5) is 11.4 Å². The topological polar surface area (TPSA) is 24.4 Å². The van der Waals surface area contributed by atoms with E-state index in [2.05, 4.69) is 23.5 Å². The van der Waals surface area contributed by atoms with Crippen molar-refractivity contribution in [2.24, 2.45) is 4.99 Å². The van der Waals surface area contributed by atoms with Crippen LogP contribution in [0.25, 0.3) is 0 Å². The minimum atomic E-state index is 0.0670. The first kappa shape index (κ1) is 16.2. The summed E-state index contributed by atoms with van der Waals surface area (Å²) in [6, 6.07) is 24.2. The number of hydrogen-bond acceptors (Lipinski definition) is 2. The van der Waals surface area contributed by atoms with Crippen LogP contribution in [0.1, 0.15) is 23.6 Å². The molecule has 0 fully saturated rings. The molecule has 1 heterocycles. The summed E-state index contributed by atoms with van der Waals surface area (Å²) in [7, 11) is 0. The SMILES string of the molecule is Clc1ccc(C2CC(c3ccccc3)=Nc3ccccc3N2)cc1Cl. The molecule has 3 aromatic carbocycles. The molecule has 4 rings (SSSR count). The molecule has 0 bridgehead atoms. The van der Waals surface area contributed by atoms with Gasteiger partial charge in [-0.3, -0.25) is 4.99 Å². The van der Waals surface area contributed by atoms with Gasteiger partial charge in [0.2, 0.25) is 0 Å². The van der Waals surface area contributed by atoms with E-state index in [1.165, 1.54) is 0 Å². The Bertz CT molecular complexity index is 936. The zero-order chi connectivity index (χ0) is 17.2. The molecule has 4 heteroatoms. The standard InChI is InChI=1S/C21H16Cl2N2/c22-16-11-10-15(12-17(16)23)21-13-20(14-6-2-1-3-7-14)24-18-8-4-5-9-19(18)25-21/h1-12,21,25H,13H2. The van der Waals surface area contributed by atoms with Crippen LogP contribution in [0, 0.1) is 0 Å². The van der Waals surface area contributed by atoms with E-state index in [0.717, 1.165) is 34.6 Å². The van der Waals surface area contributed by atoms with Gasteiger partial charge in [0.25, 0.3) is 0 Å². The van der Waals surface area contributed by atoms with Crippen molar-refractivity contribution in [1.82, 2.24) is 0 Å². The molecular formula is C21H16Cl2N2. The molecular weight excluding hydrogens is 351 g/mol. The van der Waals surface area contributed by atoms with Crippen molar-refractivity contribution in [3.63, 3.8) is 0 Å². The molecule has 2 nitrogen and oxygen atoms in total. The van der Waals surface area contributed by atoms with Crippen LogP contribution < -0.4 is 5.32 Å². The molecule has 124 valence electrons. The Morgan fingerprint density at radius 3 is 2.40 bits per heavy atom.